The Morgan fingerprint density at radius 2 is 1.95 bits per heavy atom. The van der Waals surface area contributed by atoms with Crippen LogP contribution < -0.4 is 4.72 Å². The van der Waals surface area contributed by atoms with Crippen molar-refractivity contribution in [1.29, 1.82) is 0 Å². The first-order valence-electron chi connectivity index (χ1n) is 5.35. The average molecular weight is 286 g/mol. The molecule has 0 saturated heterocycles. The molecular formula is C11H14N2O5S. The lowest BCUT2D eigenvalue weighted by atomic mass is 10.2. The first kappa shape index (κ1) is 15.1. The van der Waals surface area contributed by atoms with Crippen LogP contribution in [0.5, 0.6) is 0 Å². The molecule has 0 spiro atoms. The Hall–Kier alpha value is -1.96. The van der Waals surface area contributed by atoms with E-state index in [1.807, 2.05) is 0 Å². The minimum atomic E-state index is -2.05. The third-order valence-corrected chi connectivity index (χ3v) is 2.93. The number of hydrogen-bond donors (Lipinski definition) is 1. The summed E-state index contributed by atoms with van der Waals surface area (Å²) in [5, 5.41) is 10.8. The molecule has 8 heteroatoms. The van der Waals surface area contributed by atoms with Crippen molar-refractivity contribution in [3.05, 3.63) is 34.4 Å². The number of ether oxygens (including phenoxy) is 1. The van der Waals surface area contributed by atoms with Crippen molar-refractivity contribution >= 4 is 22.8 Å². The minimum Gasteiger partial charge on any atom is -0.443 e. The van der Waals surface area contributed by atoms with Gasteiger partial charge >= 0.3 is 6.09 Å². The number of para-hydroxylation sites is 1. The monoisotopic (exact) mass is 286 g/mol. The summed E-state index contributed by atoms with van der Waals surface area (Å²) in [6, 6.07) is 5.47. The number of nitro groups is 1. The highest BCUT2D eigenvalue weighted by molar-refractivity contribution is 7.83. The number of amides is 1. The van der Waals surface area contributed by atoms with Gasteiger partial charge in [0.25, 0.3) is 5.69 Å². The van der Waals surface area contributed by atoms with E-state index < -0.39 is 27.6 Å². The molecule has 7 nitrogen and oxygen atoms in total. The third kappa shape index (κ3) is 4.66. The van der Waals surface area contributed by atoms with Crippen LogP contribution in [0.15, 0.2) is 29.2 Å². The molecule has 1 unspecified atom stereocenters. The predicted octanol–water partition coefficient (Wildman–Crippen LogP) is 2.14. The van der Waals surface area contributed by atoms with E-state index in [0.29, 0.717) is 0 Å². The zero-order valence-corrected chi connectivity index (χ0v) is 11.5. The lowest BCUT2D eigenvalue weighted by Gasteiger charge is -2.19. The molecule has 0 saturated carbocycles. The highest BCUT2D eigenvalue weighted by Gasteiger charge is 2.22. The van der Waals surface area contributed by atoms with Crippen LogP contribution in [0, 0.1) is 10.1 Å². The molecule has 1 aromatic rings. The van der Waals surface area contributed by atoms with Gasteiger partial charge in [-0.1, -0.05) is 12.1 Å². The quantitative estimate of drug-likeness (QED) is 0.678. The molecule has 104 valence electrons. The van der Waals surface area contributed by atoms with E-state index in [0.717, 1.165) is 0 Å². The predicted molar refractivity (Wildman–Crippen MR) is 68.9 cm³/mol. The summed E-state index contributed by atoms with van der Waals surface area (Å²) in [5.74, 6) is 0. The average Bonchev–Trinajstić information content (AvgIpc) is 2.26. The third-order valence-electron chi connectivity index (χ3n) is 1.84. The Balaban J connectivity index is 2.85. The fourth-order valence-corrected chi connectivity index (χ4v) is 2.03. The molecule has 0 fully saturated rings. The zero-order chi connectivity index (χ0) is 14.6. The van der Waals surface area contributed by atoms with Gasteiger partial charge in [0.05, 0.1) is 4.92 Å². The minimum absolute atomic E-state index is 0.0849. The molecular weight excluding hydrogens is 272 g/mol. The first-order valence-corrected chi connectivity index (χ1v) is 6.50. The number of rotatable bonds is 3. The van der Waals surface area contributed by atoms with Crippen molar-refractivity contribution in [3.63, 3.8) is 0 Å². The largest absolute Gasteiger partial charge is 0.443 e. The maximum absolute atomic E-state index is 11.9. The van der Waals surface area contributed by atoms with Crippen molar-refractivity contribution in [3.8, 4) is 0 Å². The standard InChI is InChI=1S/C11H14N2O5S/c1-11(2,3)18-10(14)12-19(17)9-7-5-4-6-8(9)13(15)16/h4-7H,1-3H3,(H,12,14). The molecule has 0 heterocycles. The number of carbonyl (C=O) groups is 1. The lowest BCUT2D eigenvalue weighted by Crippen LogP contribution is -2.33. The Morgan fingerprint density at radius 1 is 1.37 bits per heavy atom. The zero-order valence-electron chi connectivity index (χ0n) is 10.7. The van der Waals surface area contributed by atoms with Crippen LogP contribution in [0.4, 0.5) is 10.5 Å². The first-order chi connectivity index (χ1) is 8.70. The van der Waals surface area contributed by atoms with E-state index >= 15 is 0 Å². The van der Waals surface area contributed by atoms with Crippen LogP contribution in [0.1, 0.15) is 20.8 Å². The van der Waals surface area contributed by atoms with Gasteiger partial charge < -0.3 is 4.74 Å². The number of benzene rings is 1. The summed E-state index contributed by atoms with van der Waals surface area (Å²) in [5.41, 5.74) is -1.06. The summed E-state index contributed by atoms with van der Waals surface area (Å²) in [4.78, 5) is 21.4. The SMILES string of the molecule is CC(C)(C)OC(=O)NS(=O)c1ccccc1[N+](=O)[O-]. The van der Waals surface area contributed by atoms with Crippen LogP contribution in [0.3, 0.4) is 0 Å². The van der Waals surface area contributed by atoms with Crippen LogP contribution in [-0.4, -0.2) is 20.8 Å². The fraction of sp³-hybridized carbons (Fsp3) is 0.364. The van der Waals surface area contributed by atoms with Crippen LogP contribution >= 0.6 is 0 Å². The highest BCUT2D eigenvalue weighted by atomic mass is 32.2. The van der Waals surface area contributed by atoms with E-state index in [2.05, 4.69) is 4.72 Å². The molecule has 1 atom stereocenters. The van der Waals surface area contributed by atoms with E-state index in [9.17, 15) is 19.1 Å². The molecule has 0 bridgehead atoms. The smallest absolute Gasteiger partial charge is 0.419 e. The Bertz CT molecular complexity index is 524. The Morgan fingerprint density at radius 3 is 2.47 bits per heavy atom. The summed E-state index contributed by atoms with van der Waals surface area (Å²) >= 11 is 0. The van der Waals surface area contributed by atoms with E-state index in [4.69, 9.17) is 4.74 Å². The molecule has 0 radical (unpaired) electrons. The Labute approximate surface area is 112 Å². The molecule has 19 heavy (non-hydrogen) atoms. The normalized spacial score (nSPS) is 12.6. The topological polar surface area (TPSA) is 98.5 Å². The molecule has 1 aromatic carbocycles. The fourth-order valence-electron chi connectivity index (χ4n) is 1.19. The lowest BCUT2D eigenvalue weighted by molar-refractivity contribution is -0.387. The second-order valence-electron chi connectivity index (χ2n) is 4.60. The summed E-state index contributed by atoms with van der Waals surface area (Å²) in [6.07, 6.45) is -0.899. The van der Waals surface area contributed by atoms with Gasteiger partial charge in [-0.05, 0) is 26.8 Å². The molecule has 0 aromatic heterocycles. The maximum atomic E-state index is 11.9. The van der Waals surface area contributed by atoms with Crippen LogP contribution in [0.25, 0.3) is 0 Å². The van der Waals surface area contributed by atoms with Crippen molar-refractivity contribution in [1.82, 2.24) is 4.72 Å². The molecule has 0 aliphatic rings. The summed E-state index contributed by atoms with van der Waals surface area (Å²) in [7, 11) is -2.05. The number of nitrogens with one attached hydrogen (secondary N) is 1. The van der Waals surface area contributed by atoms with Crippen molar-refractivity contribution < 1.29 is 18.7 Å². The maximum Gasteiger partial charge on any atom is 0.419 e. The number of carbonyl (C=O) groups excluding carboxylic acids is 1. The van der Waals surface area contributed by atoms with Crippen molar-refractivity contribution in [2.75, 3.05) is 0 Å². The van der Waals surface area contributed by atoms with Gasteiger partial charge in [-0.25, -0.2) is 13.7 Å². The number of nitrogens with zero attached hydrogens (tertiary/aromatic N) is 1. The van der Waals surface area contributed by atoms with E-state index in [1.54, 1.807) is 20.8 Å². The van der Waals surface area contributed by atoms with Gasteiger partial charge in [0.2, 0.25) is 0 Å². The molecule has 0 aliphatic heterocycles. The van der Waals surface area contributed by atoms with Gasteiger partial charge in [-0.15, -0.1) is 0 Å². The van der Waals surface area contributed by atoms with Crippen molar-refractivity contribution in [2.45, 2.75) is 31.3 Å². The molecule has 1 N–H and O–H groups in total. The van der Waals surface area contributed by atoms with Gasteiger partial charge in [0.15, 0.2) is 11.0 Å². The van der Waals surface area contributed by atoms with Crippen LogP contribution in [-0.2, 0) is 15.7 Å². The second kappa shape index (κ2) is 5.79. The number of nitro benzene ring substituents is 1. The summed E-state index contributed by atoms with van der Waals surface area (Å²) in [6.45, 7) is 4.96. The van der Waals surface area contributed by atoms with Gasteiger partial charge in [-0.3, -0.25) is 10.1 Å². The van der Waals surface area contributed by atoms with E-state index in [-0.39, 0.29) is 10.6 Å². The molecule has 1 rings (SSSR count). The van der Waals surface area contributed by atoms with Gasteiger partial charge in [0.1, 0.15) is 10.5 Å². The Kier molecular flexibility index (Phi) is 4.60. The van der Waals surface area contributed by atoms with Gasteiger partial charge in [-0.2, -0.15) is 0 Å². The van der Waals surface area contributed by atoms with Gasteiger partial charge in [0, 0.05) is 6.07 Å². The second-order valence-corrected chi connectivity index (χ2v) is 5.78. The highest BCUT2D eigenvalue weighted by Crippen LogP contribution is 2.20. The molecule has 0 aliphatic carbocycles. The van der Waals surface area contributed by atoms with Crippen molar-refractivity contribution in [2.24, 2.45) is 0 Å². The van der Waals surface area contributed by atoms with E-state index in [1.165, 1.54) is 24.3 Å². The van der Waals surface area contributed by atoms with Crippen LogP contribution in [0.2, 0.25) is 0 Å². The number of hydrogen-bond acceptors (Lipinski definition) is 5. The molecule has 1 amide bonds. The summed E-state index contributed by atoms with van der Waals surface area (Å²) < 4.78 is 18.8.